The normalized spacial score (nSPS) is 12.3. The van der Waals surface area contributed by atoms with Crippen LogP contribution < -0.4 is 14.8 Å². The summed E-state index contributed by atoms with van der Waals surface area (Å²) in [5, 5.41) is 12.4. The molecule has 0 aliphatic carbocycles. The van der Waals surface area contributed by atoms with Gasteiger partial charge in [0.1, 0.15) is 0 Å². The molecule has 1 unspecified atom stereocenters. The van der Waals surface area contributed by atoms with Gasteiger partial charge in [-0.2, -0.15) is 0 Å². The van der Waals surface area contributed by atoms with Gasteiger partial charge in [0.15, 0.2) is 11.5 Å². The molecule has 0 aliphatic rings. The first-order valence-corrected chi connectivity index (χ1v) is 6.75. The summed E-state index contributed by atoms with van der Waals surface area (Å²) in [6.45, 7) is 5.43. The van der Waals surface area contributed by atoms with Gasteiger partial charge in [0.2, 0.25) is 0 Å². The predicted molar refractivity (Wildman–Crippen MR) is 75.3 cm³/mol. The Hall–Kier alpha value is -0.780. The maximum absolute atomic E-state index is 9.23. The third kappa shape index (κ3) is 4.48. The van der Waals surface area contributed by atoms with Gasteiger partial charge in [-0.05, 0) is 26.0 Å². The van der Waals surface area contributed by atoms with Crippen molar-refractivity contribution in [3.8, 4) is 11.5 Å². The largest absolute Gasteiger partial charge is 0.493 e. The van der Waals surface area contributed by atoms with Crippen LogP contribution in [-0.4, -0.2) is 31.5 Å². The first-order chi connectivity index (χ1) is 8.58. The number of methoxy groups -OCH3 is 1. The molecule has 18 heavy (non-hydrogen) atoms. The van der Waals surface area contributed by atoms with Crippen LogP contribution in [0.5, 0.6) is 11.5 Å². The summed E-state index contributed by atoms with van der Waals surface area (Å²) in [6, 6.07) is 3.87. The molecule has 0 amide bonds. The molecule has 5 heteroatoms. The van der Waals surface area contributed by atoms with Crippen molar-refractivity contribution in [2.75, 3.05) is 20.3 Å². The number of halogens is 1. The second kappa shape index (κ2) is 7.61. The molecule has 0 aromatic heterocycles. The predicted octanol–water partition coefficient (Wildman–Crippen LogP) is 2.33. The fourth-order valence-corrected chi connectivity index (χ4v) is 2.11. The summed E-state index contributed by atoms with van der Waals surface area (Å²) in [5.41, 5.74) is 1.00. The maximum atomic E-state index is 9.23. The second-order valence-electron chi connectivity index (χ2n) is 4.01. The van der Waals surface area contributed by atoms with Crippen LogP contribution in [0.2, 0.25) is 0 Å². The Morgan fingerprint density at radius 1 is 1.44 bits per heavy atom. The van der Waals surface area contributed by atoms with Crippen molar-refractivity contribution in [3.05, 3.63) is 22.2 Å². The van der Waals surface area contributed by atoms with E-state index in [1.54, 1.807) is 14.0 Å². The van der Waals surface area contributed by atoms with Gasteiger partial charge in [-0.15, -0.1) is 0 Å². The SMILES string of the molecule is CCOc1c(CNCC(C)O)cc(Br)cc1OC. The highest BCUT2D eigenvalue weighted by Gasteiger charge is 2.12. The van der Waals surface area contributed by atoms with Crippen molar-refractivity contribution in [2.24, 2.45) is 0 Å². The first-order valence-electron chi connectivity index (χ1n) is 5.96. The van der Waals surface area contributed by atoms with Crippen LogP contribution in [0.4, 0.5) is 0 Å². The van der Waals surface area contributed by atoms with Gasteiger partial charge in [-0.3, -0.25) is 0 Å². The van der Waals surface area contributed by atoms with Crippen LogP contribution in [-0.2, 0) is 6.54 Å². The lowest BCUT2D eigenvalue weighted by Gasteiger charge is -2.16. The number of ether oxygens (including phenoxy) is 2. The van der Waals surface area contributed by atoms with Crippen LogP contribution >= 0.6 is 15.9 Å². The smallest absolute Gasteiger partial charge is 0.165 e. The minimum absolute atomic E-state index is 0.366. The Morgan fingerprint density at radius 3 is 2.72 bits per heavy atom. The Bertz CT molecular complexity index is 383. The van der Waals surface area contributed by atoms with Crippen LogP contribution in [0.3, 0.4) is 0 Å². The summed E-state index contributed by atoms with van der Waals surface area (Å²) in [5.74, 6) is 1.46. The van der Waals surface area contributed by atoms with Crippen LogP contribution in [0.15, 0.2) is 16.6 Å². The molecule has 0 heterocycles. The molecule has 1 aromatic carbocycles. The number of aliphatic hydroxyl groups is 1. The quantitative estimate of drug-likeness (QED) is 0.810. The van der Waals surface area contributed by atoms with Crippen LogP contribution in [0.25, 0.3) is 0 Å². The molecule has 0 saturated heterocycles. The van der Waals surface area contributed by atoms with E-state index in [0.717, 1.165) is 15.8 Å². The highest BCUT2D eigenvalue weighted by atomic mass is 79.9. The average molecular weight is 318 g/mol. The molecule has 0 aliphatic heterocycles. The van der Waals surface area contributed by atoms with Crippen LogP contribution in [0, 0.1) is 0 Å². The summed E-state index contributed by atoms with van der Waals surface area (Å²) in [6.07, 6.45) is -0.366. The zero-order chi connectivity index (χ0) is 13.5. The van der Waals surface area contributed by atoms with E-state index in [1.165, 1.54) is 0 Å². The fraction of sp³-hybridized carbons (Fsp3) is 0.538. The standard InChI is InChI=1S/C13H20BrNO3/c1-4-18-13-10(8-15-7-9(2)16)5-11(14)6-12(13)17-3/h5-6,9,15-16H,4,7-8H2,1-3H3. The van der Waals surface area contributed by atoms with E-state index in [4.69, 9.17) is 9.47 Å². The highest BCUT2D eigenvalue weighted by Crippen LogP contribution is 2.34. The van der Waals surface area contributed by atoms with E-state index in [9.17, 15) is 5.11 Å². The Labute approximate surface area is 116 Å². The van der Waals surface area contributed by atoms with Gasteiger partial charge in [0.05, 0.1) is 19.8 Å². The van der Waals surface area contributed by atoms with Crippen molar-refractivity contribution < 1.29 is 14.6 Å². The zero-order valence-corrected chi connectivity index (χ0v) is 12.6. The molecule has 1 rings (SSSR count). The molecule has 4 nitrogen and oxygen atoms in total. The van der Waals surface area contributed by atoms with E-state index in [1.807, 2.05) is 19.1 Å². The van der Waals surface area contributed by atoms with Gasteiger partial charge in [0.25, 0.3) is 0 Å². The van der Waals surface area contributed by atoms with E-state index < -0.39 is 0 Å². The van der Waals surface area contributed by atoms with E-state index in [2.05, 4.69) is 21.2 Å². The molecular weight excluding hydrogens is 298 g/mol. The Morgan fingerprint density at radius 2 is 2.17 bits per heavy atom. The van der Waals surface area contributed by atoms with Gasteiger partial charge in [-0.25, -0.2) is 0 Å². The highest BCUT2D eigenvalue weighted by molar-refractivity contribution is 9.10. The van der Waals surface area contributed by atoms with Crippen molar-refractivity contribution in [2.45, 2.75) is 26.5 Å². The summed E-state index contributed by atoms with van der Waals surface area (Å²) < 4.78 is 11.9. The lowest BCUT2D eigenvalue weighted by atomic mass is 10.2. The topological polar surface area (TPSA) is 50.7 Å². The Kier molecular flexibility index (Phi) is 6.46. The van der Waals surface area contributed by atoms with Crippen molar-refractivity contribution in [1.29, 1.82) is 0 Å². The van der Waals surface area contributed by atoms with Crippen molar-refractivity contribution in [1.82, 2.24) is 5.32 Å². The molecule has 2 N–H and O–H groups in total. The van der Waals surface area contributed by atoms with Crippen LogP contribution in [0.1, 0.15) is 19.4 Å². The first kappa shape index (κ1) is 15.3. The molecule has 0 fully saturated rings. The molecule has 1 atom stereocenters. The summed E-state index contributed by atoms with van der Waals surface area (Å²) in [4.78, 5) is 0. The molecule has 0 saturated carbocycles. The van der Waals surface area contributed by atoms with Gasteiger partial charge in [-0.1, -0.05) is 15.9 Å². The second-order valence-corrected chi connectivity index (χ2v) is 4.92. The Balaban J connectivity index is 2.88. The van der Waals surface area contributed by atoms with E-state index in [0.29, 0.717) is 25.4 Å². The van der Waals surface area contributed by atoms with Gasteiger partial charge in [0, 0.05) is 23.1 Å². The number of aliphatic hydroxyl groups excluding tert-OH is 1. The lowest BCUT2D eigenvalue weighted by Crippen LogP contribution is -2.24. The number of benzene rings is 1. The monoisotopic (exact) mass is 317 g/mol. The van der Waals surface area contributed by atoms with E-state index >= 15 is 0 Å². The molecular formula is C13H20BrNO3. The minimum atomic E-state index is -0.366. The lowest BCUT2D eigenvalue weighted by molar-refractivity contribution is 0.190. The fourth-order valence-electron chi connectivity index (χ4n) is 1.63. The molecule has 1 aromatic rings. The van der Waals surface area contributed by atoms with Crippen molar-refractivity contribution in [3.63, 3.8) is 0 Å². The molecule has 102 valence electrons. The number of hydrogen-bond acceptors (Lipinski definition) is 4. The zero-order valence-electron chi connectivity index (χ0n) is 11.0. The van der Waals surface area contributed by atoms with Crippen molar-refractivity contribution >= 4 is 15.9 Å². The molecule has 0 radical (unpaired) electrons. The van der Waals surface area contributed by atoms with Gasteiger partial charge < -0.3 is 19.9 Å². The third-order valence-electron chi connectivity index (χ3n) is 2.36. The average Bonchev–Trinajstić information content (AvgIpc) is 2.31. The number of rotatable bonds is 7. The number of nitrogens with one attached hydrogen (secondary N) is 1. The summed E-state index contributed by atoms with van der Waals surface area (Å²) in [7, 11) is 1.62. The maximum Gasteiger partial charge on any atom is 0.165 e. The molecule has 0 bridgehead atoms. The van der Waals surface area contributed by atoms with E-state index in [-0.39, 0.29) is 6.10 Å². The minimum Gasteiger partial charge on any atom is -0.493 e. The summed E-state index contributed by atoms with van der Waals surface area (Å²) >= 11 is 3.45. The molecule has 0 spiro atoms. The number of hydrogen-bond donors (Lipinski definition) is 2. The third-order valence-corrected chi connectivity index (χ3v) is 2.82. The van der Waals surface area contributed by atoms with Gasteiger partial charge >= 0.3 is 0 Å².